The molecule has 5 saturated carbocycles. The van der Waals surface area contributed by atoms with Crippen molar-refractivity contribution in [3.8, 4) is 0 Å². The average Bonchev–Trinajstić information content (AvgIpc) is 3.33. The first-order chi connectivity index (χ1) is 18.6. The maximum absolute atomic E-state index is 14.7. The second kappa shape index (κ2) is 8.70. The Bertz CT molecular complexity index is 1260. The van der Waals surface area contributed by atoms with Gasteiger partial charge in [-0.2, -0.15) is 0 Å². The number of hydrazine groups is 1. The molecule has 7 aliphatic rings. The molecule has 1 aromatic rings. The highest BCUT2D eigenvalue weighted by Gasteiger charge is 2.67. The van der Waals surface area contributed by atoms with E-state index in [1.165, 1.54) is 40.2 Å². The minimum Gasteiger partial charge on any atom is -0.445 e. The summed E-state index contributed by atoms with van der Waals surface area (Å²) in [6, 6.07) is 2.56. The van der Waals surface area contributed by atoms with E-state index in [0.29, 0.717) is 23.0 Å². The Morgan fingerprint density at radius 3 is 2.00 bits per heavy atom. The van der Waals surface area contributed by atoms with Crippen LogP contribution in [0.1, 0.15) is 81.6 Å². The van der Waals surface area contributed by atoms with E-state index >= 15 is 0 Å². The lowest BCUT2D eigenvalue weighted by Crippen LogP contribution is -2.65. The molecule has 1 saturated heterocycles. The van der Waals surface area contributed by atoms with Gasteiger partial charge in [-0.3, -0.25) is 4.79 Å². The molecule has 9 heteroatoms. The van der Waals surface area contributed by atoms with E-state index < -0.39 is 54.3 Å². The van der Waals surface area contributed by atoms with Crippen LogP contribution in [0.4, 0.5) is 14.0 Å². The molecular weight excluding hydrogens is 501 g/mol. The molecule has 3 amide bonds. The van der Waals surface area contributed by atoms with Crippen LogP contribution in [-0.2, 0) is 9.47 Å². The molecule has 208 valence electrons. The lowest BCUT2D eigenvalue weighted by atomic mass is 9.53. The van der Waals surface area contributed by atoms with E-state index in [2.05, 4.69) is 5.32 Å². The van der Waals surface area contributed by atoms with Crippen LogP contribution in [0.15, 0.2) is 29.3 Å². The monoisotopic (exact) mass is 537 g/mol. The summed E-state index contributed by atoms with van der Waals surface area (Å²) in [4.78, 5) is 40.7. The van der Waals surface area contributed by atoms with Crippen molar-refractivity contribution in [2.24, 2.45) is 23.7 Å². The zero-order chi connectivity index (χ0) is 27.3. The van der Waals surface area contributed by atoms with E-state index in [-0.39, 0.29) is 5.91 Å². The van der Waals surface area contributed by atoms with Crippen LogP contribution in [0.25, 0.3) is 0 Å². The Balaban J connectivity index is 1.44. The zero-order valence-electron chi connectivity index (χ0n) is 22.9. The Morgan fingerprint density at radius 1 is 0.872 bits per heavy atom. The third-order valence-electron chi connectivity index (χ3n) is 9.78. The number of amides is 3. The third kappa shape index (κ3) is 3.64. The van der Waals surface area contributed by atoms with Crippen molar-refractivity contribution in [3.63, 3.8) is 0 Å². The molecule has 2 heterocycles. The second-order valence-corrected chi connectivity index (χ2v) is 12.9. The minimum atomic E-state index is -0.641. The van der Waals surface area contributed by atoms with Gasteiger partial charge in [0, 0.05) is 11.5 Å². The predicted octanol–water partition coefficient (Wildman–Crippen LogP) is 5.15. The standard InChI is InChI=1S/C30H36FN3O5/c1-13(2)38-29(36)33-26-23-21-12-19(31)5-6-20(21)28(35)32-25(23)27(34(33)30(37)39-14(3)4)24(26)22-17-8-15-7-16(10-17)11-18(22)9-15/h5-6,12-18,23,25-27H,7-11H2,1-4H3,(H,32,35)/t15?,16?,17?,18?,23-,25+,26+,27+/m0/s1. The number of nitrogens with zero attached hydrogens (tertiary/aromatic N) is 2. The van der Waals surface area contributed by atoms with E-state index in [1.54, 1.807) is 27.7 Å². The Morgan fingerprint density at radius 2 is 1.44 bits per heavy atom. The van der Waals surface area contributed by atoms with Gasteiger partial charge in [-0.15, -0.1) is 0 Å². The molecule has 2 aliphatic heterocycles. The average molecular weight is 538 g/mol. The summed E-state index contributed by atoms with van der Waals surface area (Å²) >= 11 is 0. The van der Waals surface area contributed by atoms with Gasteiger partial charge in [-0.1, -0.05) is 5.57 Å². The van der Waals surface area contributed by atoms with Gasteiger partial charge in [0.25, 0.3) is 5.91 Å². The van der Waals surface area contributed by atoms with Crippen molar-refractivity contribution in [3.05, 3.63) is 46.3 Å². The van der Waals surface area contributed by atoms with Crippen LogP contribution in [0.2, 0.25) is 0 Å². The predicted molar refractivity (Wildman–Crippen MR) is 139 cm³/mol. The van der Waals surface area contributed by atoms with Crippen molar-refractivity contribution in [1.82, 2.24) is 15.3 Å². The highest BCUT2D eigenvalue weighted by molar-refractivity contribution is 5.98. The van der Waals surface area contributed by atoms with Gasteiger partial charge in [0.1, 0.15) is 11.9 Å². The van der Waals surface area contributed by atoms with Crippen molar-refractivity contribution < 1.29 is 28.2 Å². The number of fused-ring (bicyclic) bond motifs is 7. The molecular formula is C30H36FN3O5. The number of hydrogen-bond acceptors (Lipinski definition) is 5. The van der Waals surface area contributed by atoms with Gasteiger partial charge < -0.3 is 14.8 Å². The van der Waals surface area contributed by atoms with Crippen LogP contribution in [0, 0.1) is 29.5 Å². The summed E-state index contributed by atoms with van der Waals surface area (Å²) < 4.78 is 26.0. The number of halogens is 1. The van der Waals surface area contributed by atoms with Gasteiger partial charge in [0.2, 0.25) is 0 Å². The number of carbonyl (C=O) groups is 3. The highest BCUT2D eigenvalue weighted by atomic mass is 19.1. The number of benzene rings is 1. The summed E-state index contributed by atoms with van der Waals surface area (Å²) in [6.45, 7) is 7.08. The van der Waals surface area contributed by atoms with Crippen LogP contribution in [0.5, 0.6) is 0 Å². The summed E-state index contributed by atoms with van der Waals surface area (Å²) in [5.41, 5.74) is 3.39. The van der Waals surface area contributed by atoms with Crippen molar-refractivity contribution in [2.75, 3.05) is 0 Å². The van der Waals surface area contributed by atoms with Gasteiger partial charge in [-0.25, -0.2) is 24.0 Å². The number of rotatable bonds is 2. The van der Waals surface area contributed by atoms with Crippen LogP contribution < -0.4 is 5.32 Å². The Labute approximate surface area is 227 Å². The van der Waals surface area contributed by atoms with Crippen LogP contribution in [0.3, 0.4) is 0 Å². The van der Waals surface area contributed by atoms with E-state index in [9.17, 15) is 18.8 Å². The maximum Gasteiger partial charge on any atom is 0.429 e. The first-order valence-electron chi connectivity index (χ1n) is 14.5. The molecule has 0 aromatic heterocycles. The molecule has 8 rings (SSSR count). The summed E-state index contributed by atoms with van der Waals surface area (Å²) in [7, 11) is 0. The molecule has 0 spiro atoms. The Kier molecular flexibility index (Phi) is 5.56. The van der Waals surface area contributed by atoms with E-state index in [0.717, 1.165) is 43.1 Å². The Hall–Kier alpha value is -3.10. The molecule has 0 radical (unpaired) electrons. The molecule has 0 unspecified atom stereocenters. The lowest BCUT2D eigenvalue weighted by Gasteiger charge is -2.52. The smallest absolute Gasteiger partial charge is 0.429 e. The highest BCUT2D eigenvalue weighted by Crippen LogP contribution is 2.62. The third-order valence-corrected chi connectivity index (χ3v) is 9.78. The second-order valence-electron chi connectivity index (χ2n) is 12.9. The van der Waals surface area contributed by atoms with Gasteiger partial charge in [0.15, 0.2) is 0 Å². The summed E-state index contributed by atoms with van der Waals surface area (Å²) in [6.07, 6.45) is 3.75. The van der Waals surface area contributed by atoms with Gasteiger partial charge in [0.05, 0.1) is 24.3 Å². The molecule has 6 bridgehead atoms. The van der Waals surface area contributed by atoms with Gasteiger partial charge in [-0.05, 0) is 113 Å². The SMILES string of the molecule is CC(C)OC(=O)N1[C@@H]2C(=C3C4CC5CC(C4)CC3C5)[C@@H]([C@H]3c4cc(F)ccc4C(=O)N[C@H]32)N1C(=O)OC(C)C. The fourth-order valence-corrected chi connectivity index (χ4v) is 8.99. The number of allylic oxidation sites excluding steroid dienone is 1. The van der Waals surface area contributed by atoms with Crippen molar-refractivity contribution >= 4 is 18.1 Å². The molecule has 1 aromatic carbocycles. The number of carbonyl (C=O) groups excluding carboxylic acids is 3. The van der Waals surface area contributed by atoms with Crippen LogP contribution >= 0.6 is 0 Å². The fraction of sp³-hybridized carbons (Fsp3) is 0.633. The number of nitrogens with one attached hydrogen (secondary N) is 1. The summed E-state index contributed by atoms with van der Waals surface area (Å²) in [5.74, 6) is 1.17. The van der Waals surface area contributed by atoms with Crippen molar-refractivity contribution in [2.45, 2.75) is 96.1 Å². The fourth-order valence-electron chi connectivity index (χ4n) is 8.99. The molecule has 39 heavy (non-hydrogen) atoms. The normalized spacial score (nSPS) is 35.5. The topological polar surface area (TPSA) is 88.2 Å². The summed E-state index contributed by atoms with van der Waals surface area (Å²) in [5, 5.41) is 5.98. The first kappa shape index (κ1) is 24.9. The molecule has 8 nitrogen and oxygen atoms in total. The van der Waals surface area contributed by atoms with Crippen LogP contribution in [-0.4, -0.2) is 58.4 Å². The van der Waals surface area contributed by atoms with E-state index in [1.807, 2.05) is 0 Å². The number of ether oxygens (including phenoxy) is 2. The maximum atomic E-state index is 14.7. The van der Waals surface area contributed by atoms with E-state index in [4.69, 9.17) is 9.47 Å². The van der Waals surface area contributed by atoms with Gasteiger partial charge >= 0.3 is 12.2 Å². The lowest BCUT2D eigenvalue weighted by molar-refractivity contribution is -0.0643. The zero-order valence-corrected chi connectivity index (χ0v) is 22.9. The van der Waals surface area contributed by atoms with Crippen molar-refractivity contribution in [1.29, 1.82) is 0 Å². The molecule has 5 aliphatic carbocycles. The largest absolute Gasteiger partial charge is 0.445 e. The minimum absolute atomic E-state index is 0.290. The molecule has 1 N–H and O–H groups in total. The molecule has 4 atom stereocenters. The number of hydrogen-bond donors (Lipinski definition) is 1. The molecule has 6 fully saturated rings. The quantitative estimate of drug-likeness (QED) is 0.528. The first-order valence-corrected chi connectivity index (χ1v) is 14.5.